The molecule has 0 aliphatic rings. The first-order chi connectivity index (χ1) is 8.30. The van der Waals surface area contributed by atoms with E-state index in [0.29, 0.717) is 12.1 Å². The molecule has 0 saturated heterocycles. The van der Waals surface area contributed by atoms with Crippen molar-refractivity contribution in [3.8, 4) is 6.07 Å². The number of halogens is 1. The zero-order chi connectivity index (χ0) is 12.5. The third-order valence-electron chi connectivity index (χ3n) is 2.19. The summed E-state index contributed by atoms with van der Waals surface area (Å²) in [5, 5.41) is 15.0. The van der Waals surface area contributed by atoms with Gasteiger partial charge in [-0.1, -0.05) is 12.1 Å². The normalized spacial score (nSPS) is 8.72. The summed E-state index contributed by atoms with van der Waals surface area (Å²) in [6.45, 7) is 6.38. The maximum absolute atomic E-state index is 8.69. The third kappa shape index (κ3) is 5.87. The summed E-state index contributed by atoms with van der Waals surface area (Å²) in [6.07, 6.45) is 0. The van der Waals surface area contributed by atoms with Gasteiger partial charge in [-0.2, -0.15) is 5.26 Å². The lowest BCUT2D eigenvalue weighted by atomic mass is 10.1. The van der Waals surface area contributed by atoms with E-state index < -0.39 is 0 Å². The monoisotopic (exact) mass is 358 g/mol. The van der Waals surface area contributed by atoms with Crippen LogP contribution in [0.25, 0.3) is 0 Å². The lowest BCUT2D eigenvalue weighted by molar-refractivity contribution is 0.839. The van der Waals surface area contributed by atoms with Crippen LogP contribution in [0.3, 0.4) is 0 Å². The van der Waals surface area contributed by atoms with E-state index in [1.165, 1.54) is 0 Å². The van der Waals surface area contributed by atoms with Gasteiger partial charge in [0, 0.05) is 13.1 Å². The molecule has 4 nitrogen and oxygen atoms in total. The van der Waals surface area contributed by atoms with Gasteiger partial charge in [-0.15, -0.1) is 24.0 Å². The highest BCUT2D eigenvalue weighted by Gasteiger charge is 1.96. The maximum Gasteiger partial charge on any atom is 0.191 e. The Bertz CT molecular complexity index is 398. The molecule has 98 valence electrons. The van der Waals surface area contributed by atoms with Gasteiger partial charge in [-0.05, 0) is 31.5 Å². The summed E-state index contributed by atoms with van der Waals surface area (Å²) >= 11 is 0. The van der Waals surface area contributed by atoms with Gasteiger partial charge in [-0.3, -0.25) is 0 Å². The average Bonchev–Trinajstić information content (AvgIpc) is 2.37. The molecule has 0 bridgehead atoms. The van der Waals surface area contributed by atoms with Gasteiger partial charge < -0.3 is 10.6 Å². The van der Waals surface area contributed by atoms with Crippen LogP contribution >= 0.6 is 24.0 Å². The van der Waals surface area contributed by atoms with Gasteiger partial charge in [0.15, 0.2) is 5.96 Å². The molecule has 0 amide bonds. The van der Waals surface area contributed by atoms with Gasteiger partial charge in [0.25, 0.3) is 0 Å². The Labute approximate surface area is 126 Å². The second-order valence-corrected chi connectivity index (χ2v) is 3.53. The molecule has 0 saturated carbocycles. The fraction of sp³-hybridized carbons (Fsp3) is 0.385. The highest BCUT2D eigenvalue weighted by Crippen LogP contribution is 2.04. The number of aliphatic imine (C=N–C) groups is 1. The topological polar surface area (TPSA) is 60.2 Å². The number of rotatable bonds is 4. The molecule has 0 unspecified atom stereocenters. The molecule has 0 radical (unpaired) electrons. The third-order valence-corrected chi connectivity index (χ3v) is 2.19. The zero-order valence-corrected chi connectivity index (χ0v) is 13.1. The Kier molecular flexibility index (Phi) is 9.01. The van der Waals surface area contributed by atoms with Crippen LogP contribution in [0.15, 0.2) is 29.3 Å². The average molecular weight is 358 g/mol. The van der Waals surface area contributed by atoms with Crippen LogP contribution in [0, 0.1) is 11.3 Å². The van der Waals surface area contributed by atoms with E-state index in [1.807, 2.05) is 38.1 Å². The Morgan fingerprint density at radius 3 is 2.17 bits per heavy atom. The van der Waals surface area contributed by atoms with Crippen molar-refractivity contribution in [2.45, 2.75) is 20.4 Å². The molecule has 5 heteroatoms. The largest absolute Gasteiger partial charge is 0.357 e. The molecular formula is C13H19IN4. The number of guanidine groups is 1. The molecule has 18 heavy (non-hydrogen) atoms. The van der Waals surface area contributed by atoms with Crippen molar-refractivity contribution >= 4 is 29.9 Å². The molecule has 0 heterocycles. The predicted octanol–water partition coefficient (Wildman–Crippen LogP) is 2.25. The summed E-state index contributed by atoms with van der Waals surface area (Å²) < 4.78 is 0. The van der Waals surface area contributed by atoms with Gasteiger partial charge in [-0.25, -0.2) is 4.99 Å². The summed E-state index contributed by atoms with van der Waals surface area (Å²) in [5.74, 6) is 0.819. The maximum atomic E-state index is 8.69. The van der Waals surface area contributed by atoms with Crippen LogP contribution in [0.2, 0.25) is 0 Å². The highest BCUT2D eigenvalue weighted by molar-refractivity contribution is 14.0. The van der Waals surface area contributed by atoms with E-state index in [0.717, 1.165) is 24.6 Å². The van der Waals surface area contributed by atoms with Gasteiger partial charge in [0.05, 0.1) is 18.2 Å². The summed E-state index contributed by atoms with van der Waals surface area (Å²) in [7, 11) is 0. The molecule has 1 rings (SSSR count). The first kappa shape index (κ1) is 16.7. The Balaban J connectivity index is 0.00000289. The number of hydrogen-bond acceptors (Lipinski definition) is 2. The number of nitrogens with one attached hydrogen (secondary N) is 2. The lowest BCUT2D eigenvalue weighted by Crippen LogP contribution is -2.36. The van der Waals surface area contributed by atoms with Crippen molar-refractivity contribution in [1.82, 2.24) is 10.6 Å². The fourth-order valence-corrected chi connectivity index (χ4v) is 1.36. The second kappa shape index (κ2) is 9.71. The van der Waals surface area contributed by atoms with E-state index in [-0.39, 0.29) is 24.0 Å². The molecular weight excluding hydrogens is 339 g/mol. The van der Waals surface area contributed by atoms with Gasteiger partial charge in [0.2, 0.25) is 0 Å². The molecule has 1 aromatic carbocycles. The van der Waals surface area contributed by atoms with Crippen LogP contribution < -0.4 is 10.6 Å². The number of hydrogen-bond donors (Lipinski definition) is 2. The molecule has 0 atom stereocenters. The number of nitriles is 1. The summed E-state index contributed by atoms with van der Waals surface area (Å²) in [5.41, 5.74) is 1.77. The smallest absolute Gasteiger partial charge is 0.191 e. The Morgan fingerprint density at radius 1 is 1.17 bits per heavy atom. The summed E-state index contributed by atoms with van der Waals surface area (Å²) in [4.78, 5) is 4.44. The summed E-state index contributed by atoms with van der Waals surface area (Å²) in [6, 6.07) is 9.58. The van der Waals surface area contributed by atoms with E-state index in [2.05, 4.69) is 21.7 Å². The van der Waals surface area contributed by atoms with Crippen molar-refractivity contribution < 1.29 is 0 Å². The van der Waals surface area contributed by atoms with Gasteiger partial charge in [0.1, 0.15) is 0 Å². The first-order valence-corrected chi connectivity index (χ1v) is 5.81. The minimum absolute atomic E-state index is 0. The van der Waals surface area contributed by atoms with E-state index in [4.69, 9.17) is 5.26 Å². The van der Waals surface area contributed by atoms with Crippen molar-refractivity contribution in [3.63, 3.8) is 0 Å². The predicted molar refractivity (Wildman–Crippen MR) is 85.1 cm³/mol. The first-order valence-electron chi connectivity index (χ1n) is 5.81. The minimum Gasteiger partial charge on any atom is -0.357 e. The molecule has 2 N–H and O–H groups in total. The Morgan fingerprint density at radius 2 is 1.72 bits per heavy atom. The molecule has 1 aromatic rings. The van der Waals surface area contributed by atoms with Crippen molar-refractivity contribution in [3.05, 3.63) is 35.4 Å². The molecule has 0 aliphatic carbocycles. The van der Waals surface area contributed by atoms with Crippen LogP contribution in [0.4, 0.5) is 0 Å². The number of nitrogens with zero attached hydrogens (tertiary/aromatic N) is 2. The minimum atomic E-state index is 0. The molecule has 0 spiro atoms. The standard InChI is InChI=1S/C13H18N4.HI/c1-3-15-13(16-4-2)17-10-12-7-5-11(9-14)6-8-12;/h5-8H,3-4,10H2,1-2H3,(H2,15,16,17);1H. The lowest BCUT2D eigenvalue weighted by Gasteiger charge is -2.08. The van der Waals surface area contributed by atoms with E-state index in [1.54, 1.807) is 0 Å². The van der Waals surface area contributed by atoms with Gasteiger partial charge >= 0.3 is 0 Å². The van der Waals surface area contributed by atoms with Crippen LogP contribution in [0.5, 0.6) is 0 Å². The SMILES string of the molecule is CCNC(=NCc1ccc(C#N)cc1)NCC.I. The molecule has 0 fully saturated rings. The van der Waals surface area contributed by atoms with Crippen molar-refractivity contribution in [2.24, 2.45) is 4.99 Å². The zero-order valence-electron chi connectivity index (χ0n) is 10.7. The molecule has 0 aliphatic heterocycles. The van der Waals surface area contributed by atoms with Crippen molar-refractivity contribution in [2.75, 3.05) is 13.1 Å². The van der Waals surface area contributed by atoms with Crippen LogP contribution in [-0.4, -0.2) is 19.0 Å². The quantitative estimate of drug-likeness (QED) is 0.493. The molecule has 0 aromatic heterocycles. The fourth-order valence-electron chi connectivity index (χ4n) is 1.36. The number of benzene rings is 1. The van der Waals surface area contributed by atoms with Crippen LogP contribution in [0.1, 0.15) is 25.0 Å². The van der Waals surface area contributed by atoms with Crippen molar-refractivity contribution in [1.29, 1.82) is 5.26 Å². The second-order valence-electron chi connectivity index (χ2n) is 3.53. The highest BCUT2D eigenvalue weighted by atomic mass is 127. The Hall–Kier alpha value is -1.29. The van der Waals surface area contributed by atoms with Crippen LogP contribution in [-0.2, 0) is 6.54 Å². The van der Waals surface area contributed by atoms with E-state index in [9.17, 15) is 0 Å². The van der Waals surface area contributed by atoms with E-state index >= 15 is 0 Å².